The van der Waals surface area contributed by atoms with Crippen molar-refractivity contribution in [1.82, 2.24) is 4.31 Å². The lowest BCUT2D eigenvalue weighted by molar-refractivity contribution is -0.120. The molecule has 28 heavy (non-hydrogen) atoms. The summed E-state index contributed by atoms with van der Waals surface area (Å²) in [5, 5.41) is 2.94. The Balaban J connectivity index is 1.61. The van der Waals surface area contributed by atoms with E-state index < -0.39 is 10.0 Å². The van der Waals surface area contributed by atoms with E-state index in [0.717, 1.165) is 15.7 Å². The number of carbonyl (C=O) groups excluding carboxylic acids is 1. The SMILES string of the molecule is COc1ccc(S(=O)(=O)N2CCC(C(=O)Nc3ccc(Br)c(C)c3)CC2)cc1. The van der Waals surface area contributed by atoms with Gasteiger partial charge in [0.25, 0.3) is 0 Å². The quantitative estimate of drug-likeness (QED) is 0.726. The van der Waals surface area contributed by atoms with Crippen molar-refractivity contribution in [3.8, 4) is 5.75 Å². The molecule has 3 rings (SSSR count). The second kappa shape index (κ2) is 8.63. The van der Waals surface area contributed by atoms with Crippen LogP contribution in [0.15, 0.2) is 51.8 Å². The number of piperidine rings is 1. The minimum atomic E-state index is -3.56. The van der Waals surface area contributed by atoms with Gasteiger partial charge in [-0.1, -0.05) is 15.9 Å². The van der Waals surface area contributed by atoms with Crippen LogP contribution in [-0.2, 0) is 14.8 Å². The lowest BCUT2D eigenvalue weighted by Gasteiger charge is -2.30. The van der Waals surface area contributed by atoms with E-state index in [1.165, 1.54) is 11.4 Å². The Morgan fingerprint density at radius 2 is 1.79 bits per heavy atom. The number of hydrogen-bond donors (Lipinski definition) is 1. The molecule has 150 valence electrons. The highest BCUT2D eigenvalue weighted by atomic mass is 79.9. The molecule has 8 heteroatoms. The third-order valence-electron chi connectivity index (χ3n) is 4.95. The van der Waals surface area contributed by atoms with Crippen LogP contribution in [0, 0.1) is 12.8 Å². The van der Waals surface area contributed by atoms with Crippen LogP contribution in [0.25, 0.3) is 0 Å². The third kappa shape index (κ3) is 4.56. The highest BCUT2D eigenvalue weighted by Gasteiger charge is 2.32. The maximum Gasteiger partial charge on any atom is 0.243 e. The normalized spacial score (nSPS) is 16.0. The zero-order valence-electron chi connectivity index (χ0n) is 15.8. The maximum atomic E-state index is 12.8. The molecule has 1 saturated heterocycles. The molecule has 0 unspecified atom stereocenters. The van der Waals surface area contributed by atoms with Crippen LogP contribution in [0.2, 0.25) is 0 Å². The third-order valence-corrected chi connectivity index (χ3v) is 7.75. The predicted molar refractivity (Wildman–Crippen MR) is 112 cm³/mol. The lowest BCUT2D eigenvalue weighted by Crippen LogP contribution is -2.41. The number of hydrogen-bond acceptors (Lipinski definition) is 4. The van der Waals surface area contributed by atoms with Crippen molar-refractivity contribution >= 4 is 37.5 Å². The smallest absolute Gasteiger partial charge is 0.243 e. The second-order valence-corrected chi connectivity index (χ2v) is 9.60. The monoisotopic (exact) mass is 466 g/mol. The topological polar surface area (TPSA) is 75.7 Å². The molecule has 0 spiro atoms. The van der Waals surface area contributed by atoms with Crippen molar-refractivity contribution in [1.29, 1.82) is 0 Å². The van der Waals surface area contributed by atoms with Gasteiger partial charge in [0.1, 0.15) is 5.75 Å². The Morgan fingerprint density at radius 1 is 1.14 bits per heavy atom. The van der Waals surface area contributed by atoms with Gasteiger partial charge in [-0.3, -0.25) is 4.79 Å². The Bertz CT molecular complexity index is 953. The summed E-state index contributed by atoms with van der Waals surface area (Å²) in [4.78, 5) is 12.8. The highest BCUT2D eigenvalue weighted by Crippen LogP contribution is 2.26. The molecule has 1 aliphatic rings. The minimum absolute atomic E-state index is 0.0665. The lowest BCUT2D eigenvalue weighted by atomic mass is 9.97. The first-order valence-electron chi connectivity index (χ1n) is 9.02. The Labute approximate surface area is 174 Å². The van der Waals surface area contributed by atoms with Gasteiger partial charge in [0, 0.05) is 29.2 Å². The summed E-state index contributed by atoms with van der Waals surface area (Å²) in [5.74, 6) is 0.340. The van der Waals surface area contributed by atoms with Crippen molar-refractivity contribution in [3.63, 3.8) is 0 Å². The van der Waals surface area contributed by atoms with Gasteiger partial charge in [-0.25, -0.2) is 8.42 Å². The largest absolute Gasteiger partial charge is 0.497 e. The summed E-state index contributed by atoms with van der Waals surface area (Å²) in [6.07, 6.45) is 0.994. The van der Waals surface area contributed by atoms with E-state index in [2.05, 4.69) is 21.2 Å². The van der Waals surface area contributed by atoms with E-state index in [-0.39, 0.29) is 16.7 Å². The van der Waals surface area contributed by atoms with Crippen LogP contribution in [0.3, 0.4) is 0 Å². The Kier molecular flexibility index (Phi) is 6.42. The molecule has 2 aromatic rings. The van der Waals surface area contributed by atoms with Gasteiger partial charge in [0.2, 0.25) is 15.9 Å². The number of ether oxygens (including phenoxy) is 1. The fourth-order valence-corrected chi connectivity index (χ4v) is 4.94. The summed E-state index contributed by atoms with van der Waals surface area (Å²) in [5.41, 5.74) is 1.79. The number of anilines is 1. The zero-order chi connectivity index (χ0) is 20.3. The number of nitrogens with zero attached hydrogens (tertiary/aromatic N) is 1. The van der Waals surface area contributed by atoms with Crippen molar-refractivity contribution in [2.24, 2.45) is 5.92 Å². The number of nitrogens with one attached hydrogen (secondary N) is 1. The molecular formula is C20H23BrN2O4S. The molecule has 0 aromatic heterocycles. The first-order valence-corrected chi connectivity index (χ1v) is 11.3. The van der Waals surface area contributed by atoms with Crippen LogP contribution < -0.4 is 10.1 Å². The van der Waals surface area contributed by atoms with Gasteiger partial charge in [0.15, 0.2) is 0 Å². The van der Waals surface area contributed by atoms with E-state index in [1.807, 2.05) is 25.1 Å². The number of aryl methyl sites for hydroxylation is 1. The standard InChI is InChI=1S/C20H23BrN2O4S/c1-14-13-16(3-8-19(14)21)22-20(24)15-9-11-23(12-10-15)28(25,26)18-6-4-17(27-2)5-7-18/h3-8,13,15H,9-12H2,1-2H3,(H,22,24). The van der Waals surface area contributed by atoms with Crippen LogP contribution in [0.4, 0.5) is 5.69 Å². The van der Waals surface area contributed by atoms with E-state index in [4.69, 9.17) is 4.74 Å². The van der Waals surface area contributed by atoms with Gasteiger partial charge < -0.3 is 10.1 Å². The number of benzene rings is 2. The first-order chi connectivity index (χ1) is 13.3. The molecule has 1 aliphatic heterocycles. The maximum absolute atomic E-state index is 12.8. The Morgan fingerprint density at radius 3 is 2.36 bits per heavy atom. The molecule has 2 aromatic carbocycles. The van der Waals surface area contributed by atoms with Crippen molar-refractivity contribution in [2.75, 3.05) is 25.5 Å². The average Bonchev–Trinajstić information content (AvgIpc) is 2.71. The van der Waals surface area contributed by atoms with Crippen LogP contribution in [0.1, 0.15) is 18.4 Å². The molecular weight excluding hydrogens is 444 g/mol. The van der Waals surface area contributed by atoms with E-state index in [1.54, 1.807) is 24.3 Å². The molecule has 1 heterocycles. The number of sulfonamides is 1. The first kappa shape index (κ1) is 20.8. The van der Waals surface area contributed by atoms with E-state index >= 15 is 0 Å². The van der Waals surface area contributed by atoms with Crippen LogP contribution in [0.5, 0.6) is 5.75 Å². The average molecular weight is 467 g/mol. The molecule has 0 bridgehead atoms. The van der Waals surface area contributed by atoms with Crippen molar-refractivity contribution < 1.29 is 17.9 Å². The van der Waals surface area contributed by atoms with Gasteiger partial charge in [0.05, 0.1) is 12.0 Å². The van der Waals surface area contributed by atoms with Gasteiger partial charge >= 0.3 is 0 Å². The fraction of sp³-hybridized carbons (Fsp3) is 0.350. The van der Waals surface area contributed by atoms with Gasteiger partial charge in [-0.2, -0.15) is 4.31 Å². The number of rotatable bonds is 5. The van der Waals surface area contributed by atoms with Crippen molar-refractivity contribution in [3.05, 3.63) is 52.5 Å². The summed E-state index contributed by atoms with van der Waals surface area (Å²) < 4.78 is 33.1. The predicted octanol–water partition coefficient (Wildman–Crippen LogP) is 3.81. The highest BCUT2D eigenvalue weighted by molar-refractivity contribution is 9.10. The summed E-state index contributed by atoms with van der Waals surface area (Å²) >= 11 is 3.44. The van der Waals surface area contributed by atoms with Gasteiger partial charge in [-0.05, 0) is 67.8 Å². The number of halogens is 1. The fourth-order valence-electron chi connectivity index (χ4n) is 3.22. The Hall–Kier alpha value is -1.90. The van der Waals surface area contributed by atoms with Crippen LogP contribution >= 0.6 is 15.9 Å². The van der Waals surface area contributed by atoms with Crippen LogP contribution in [-0.4, -0.2) is 38.8 Å². The zero-order valence-corrected chi connectivity index (χ0v) is 18.2. The minimum Gasteiger partial charge on any atom is -0.497 e. The molecule has 1 N–H and O–H groups in total. The molecule has 0 radical (unpaired) electrons. The van der Waals surface area contributed by atoms with E-state index in [0.29, 0.717) is 31.7 Å². The second-order valence-electron chi connectivity index (χ2n) is 6.81. The molecule has 0 aliphatic carbocycles. The van der Waals surface area contributed by atoms with Gasteiger partial charge in [-0.15, -0.1) is 0 Å². The molecule has 1 fully saturated rings. The molecule has 0 atom stereocenters. The number of methoxy groups -OCH3 is 1. The summed E-state index contributed by atoms with van der Waals surface area (Å²) in [6.45, 7) is 2.61. The number of carbonyl (C=O) groups is 1. The summed E-state index contributed by atoms with van der Waals surface area (Å²) in [7, 11) is -2.03. The molecule has 0 saturated carbocycles. The van der Waals surface area contributed by atoms with Crippen molar-refractivity contribution in [2.45, 2.75) is 24.7 Å². The molecule has 1 amide bonds. The van der Waals surface area contributed by atoms with E-state index in [9.17, 15) is 13.2 Å². The summed E-state index contributed by atoms with van der Waals surface area (Å²) in [6, 6.07) is 12.0. The molecule has 6 nitrogen and oxygen atoms in total. The number of amides is 1.